The van der Waals surface area contributed by atoms with Crippen LogP contribution in [0.25, 0.3) is 0 Å². The van der Waals surface area contributed by atoms with E-state index in [1.165, 1.54) is 4.31 Å². The minimum atomic E-state index is -3.37. The summed E-state index contributed by atoms with van der Waals surface area (Å²) in [6.07, 6.45) is 2.76. The average molecular weight is 390 g/mol. The molecular weight excluding hydrogens is 362 g/mol. The van der Waals surface area contributed by atoms with Crippen LogP contribution in [0.2, 0.25) is 0 Å². The number of hydrogen-bond donors (Lipinski definition) is 2. The topological polar surface area (TPSA) is 92.5 Å². The van der Waals surface area contributed by atoms with E-state index in [9.17, 15) is 13.2 Å². The molecule has 1 heterocycles. The zero-order valence-corrected chi connectivity index (χ0v) is 16.5. The summed E-state index contributed by atoms with van der Waals surface area (Å²) in [6.45, 7) is 5.33. The van der Waals surface area contributed by atoms with E-state index < -0.39 is 15.6 Å². The van der Waals surface area contributed by atoms with E-state index in [1.807, 2.05) is 13.8 Å². The maximum absolute atomic E-state index is 12.5. The van der Waals surface area contributed by atoms with Crippen molar-refractivity contribution in [3.63, 3.8) is 0 Å². The summed E-state index contributed by atoms with van der Waals surface area (Å²) in [5.74, 6) is -0.0563. The Morgan fingerprint density at radius 1 is 1.20 bits per heavy atom. The van der Waals surface area contributed by atoms with Crippen molar-refractivity contribution in [2.45, 2.75) is 50.0 Å². The first-order valence-corrected chi connectivity index (χ1v) is 9.79. The fraction of sp³-hybridized carbons (Fsp3) is 0.588. The maximum Gasteiger partial charge on any atom is 0.243 e. The molecule has 142 valence electrons. The molecule has 1 amide bonds. The van der Waals surface area contributed by atoms with Crippen molar-refractivity contribution in [1.82, 2.24) is 9.62 Å². The van der Waals surface area contributed by atoms with Crippen molar-refractivity contribution in [1.29, 1.82) is 0 Å². The number of carbonyl (C=O) groups is 1. The minimum absolute atomic E-state index is 0. The van der Waals surface area contributed by atoms with Crippen LogP contribution in [0.5, 0.6) is 0 Å². The van der Waals surface area contributed by atoms with Gasteiger partial charge in [0, 0.05) is 31.6 Å². The molecule has 1 saturated heterocycles. The highest BCUT2D eigenvalue weighted by atomic mass is 35.5. The predicted octanol–water partition coefficient (Wildman–Crippen LogP) is 1.68. The molecule has 3 N–H and O–H groups in total. The van der Waals surface area contributed by atoms with Crippen LogP contribution < -0.4 is 11.1 Å². The van der Waals surface area contributed by atoms with Crippen LogP contribution in [0, 0.1) is 0 Å². The maximum atomic E-state index is 12.5. The minimum Gasteiger partial charge on any atom is -0.350 e. The van der Waals surface area contributed by atoms with Crippen molar-refractivity contribution >= 4 is 28.3 Å². The summed E-state index contributed by atoms with van der Waals surface area (Å²) in [7, 11) is -3.37. The van der Waals surface area contributed by atoms with Crippen LogP contribution in [0.4, 0.5) is 0 Å². The van der Waals surface area contributed by atoms with Gasteiger partial charge in [0.05, 0.1) is 4.90 Å². The highest BCUT2D eigenvalue weighted by molar-refractivity contribution is 7.89. The Morgan fingerprint density at radius 3 is 2.28 bits per heavy atom. The van der Waals surface area contributed by atoms with Gasteiger partial charge in [0.15, 0.2) is 0 Å². The molecule has 25 heavy (non-hydrogen) atoms. The molecule has 1 fully saturated rings. The second kappa shape index (κ2) is 8.98. The van der Waals surface area contributed by atoms with Crippen LogP contribution in [0.3, 0.4) is 0 Å². The molecule has 1 aliphatic heterocycles. The summed E-state index contributed by atoms with van der Waals surface area (Å²) in [5, 5.41) is 2.88. The van der Waals surface area contributed by atoms with Crippen LogP contribution >= 0.6 is 12.4 Å². The normalized spacial score (nSPS) is 15.6. The summed E-state index contributed by atoms with van der Waals surface area (Å²) in [4.78, 5) is 12.2. The molecule has 2 rings (SSSR count). The van der Waals surface area contributed by atoms with Gasteiger partial charge >= 0.3 is 0 Å². The van der Waals surface area contributed by atoms with E-state index >= 15 is 0 Å². The lowest BCUT2D eigenvalue weighted by atomic mass is 10.0. The summed E-state index contributed by atoms with van der Waals surface area (Å²) in [6, 6.07) is 6.82. The van der Waals surface area contributed by atoms with Crippen molar-refractivity contribution in [2.75, 3.05) is 19.6 Å². The van der Waals surface area contributed by atoms with Gasteiger partial charge in [-0.05, 0) is 50.8 Å². The lowest BCUT2D eigenvalue weighted by Gasteiger charge is -2.24. The first kappa shape index (κ1) is 21.9. The highest BCUT2D eigenvalue weighted by Crippen LogP contribution is 2.21. The molecule has 0 aliphatic carbocycles. The van der Waals surface area contributed by atoms with E-state index in [4.69, 9.17) is 5.73 Å². The molecule has 0 saturated carbocycles. The van der Waals surface area contributed by atoms with Crippen LogP contribution in [0.1, 0.15) is 38.7 Å². The lowest BCUT2D eigenvalue weighted by molar-refractivity contribution is -0.122. The van der Waals surface area contributed by atoms with Gasteiger partial charge in [-0.3, -0.25) is 4.79 Å². The molecule has 6 nitrogen and oxygen atoms in total. The Bertz CT molecular complexity index is 669. The number of carbonyl (C=O) groups excluding carboxylic acids is 1. The van der Waals surface area contributed by atoms with Crippen molar-refractivity contribution in [3.8, 4) is 0 Å². The third-order valence-electron chi connectivity index (χ3n) is 4.26. The largest absolute Gasteiger partial charge is 0.350 e. The number of rotatable bonds is 7. The summed E-state index contributed by atoms with van der Waals surface area (Å²) in [5.41, 5.74) is 6.12. The van der Waals surface area contributed by atoms with E-state index in [2.05, 4.69) is 5.32 Å². The van der Waals surface area contributed by atoms with Crippen LogP contribution in [-0.2, 0) is 21.2 Å². The number of hydrogen-bond acceptors (Lipinski definition) is 4. The number of nitrogens with two attached hydrogens (primary N) is 1. The fourth-order valence-electron chi connectivity index (χ4n) is 2.65. The quantitative estimate of drug-likeness (QED) is 0.742. The van der Waals surface area contributed by atoms with Crippen molar-refractivity contribution < 1.29 is 13.2 Å². The number of amides is 1. The van der Waals surface area contributed by atoms with Crippen LogP contribution in [0.15, 0.2) is 29.2 Å². The van der Waals surface area contributed by atoms with Gasteiger partial charge in [-0.15, -0.1) is 12.4 Å². The fourth-order valence-corrected chi connectivity index (χ4v) is 4.17. The number of nitrogens with zero attached hydrogens (tertiary/aromatic N) is 1. The number of halogens is 1. The lowest BCUT2D eigenvalue weighted by Crippen LogP contribution is -2.48. The standard InChI is InChI=1S/C17H27N3O3S.ClH/c1-17(2,13-18)19-16(21)10-7-14-5-8-15(9-6-14)24(22,23)20-11-3-4-12-20;/h5-6,8-9H,3-4,7,10-13,18H2,1-2H3,(H,19,21);1H. The Kier molecular flexibility index (Phi) is 7.87. The van der Waals surface area contributed by atoms with Crippen molar-refractivity contribution in [2.24, 2.45) is 5.73 Å². The van der Waals surface area contributed by atoms with Gasteiger partial charge in [-0.2, -0.15) is 4.31 Å². The molecule has 8 heteroatoms. The Morgan fingerprint density at radius 2 is 1.76 bits per heavy atom. The predicted molar refractivity (Wildman–Crippen MR) is 101 cm³/mol. The smallest absolute Gasteiger partial charge is 0.243 e. The molecule has 1 aromatic carbocycles. The van der Waals surface area contributed by atoms with E-state index in [-0.39, 0.29) is 18.3 Å². The third kappa shape index (κ3) is 5.95. The van der Waals surface area contributed by atoms with E-state index in [0.717, 1.165) is 18.4 Å². The average Bonchev–Trinajstić information content (AvgIpc) is 3.08. The molecule has 1 aromatic rings. The molecule has 0 spiro atoms. The SMILES string of the molecule is CC(C)(CN)NC(=O)CCc1ccc(S(=O)(=O)N2CCCC2)cc1.Cl. The molecule has 0 bridgehead atoms. The van der Waals surface area contributed by atoms with E-state index in [1.54, 1.807) is 24.3 Å². The zero-order valence-electron chi connectivity index (χ0n) is 14.8. The Hall–Kier alpha value is -1.15. The molecule has 0 unspecified atom stereocenters. The first-order chi connectivity index (χ1) is 11.2. The molecular formula is C17H28ClN3O3S. The second-order valence-electron chi connectivity index (χ2n) is 6.89. The van der Waals surface area contributed by atoms with Crippen LogP contribution in [-0.4, -0.2) is 43.8 Å². The van der Waals surface area contributed by atoms with Gasteiger partial charge in [0.2, 0.25) is 15.9 Å². The van der Waals surface area contributed by atoms with Gasteiger partial charge in [0.25, 0.3) is 0 Å². The summed E-state index contributed by atoms with van der Waals surface area (Å²) < 4.78 is 26.4. The molecule has 0 aromatic heterocycles. The van der Waals surface area contributed by atoms with Gasteiger partial charge in [-0.25, -0.2) is 8.42 Å². The second-order valence-corrected chi connectivity index (χ2v) is 8.83. The number of sulfonamides is 1. The third-order valence-corrected chi connectivity index (χ3v) is 6.17. The number of benzene rings is 1. The molecule has 0 atom stereocenters. The number of aryl methyl sites for hydroxylation is 1. The zero-order chi connectivity index (χ0) is 17.8. The highest BCUT2D eigenvalue weighted by Gasteiger charge is 2.26. The first-order valence-electron chi connectivity index (χ1n) is 8.35. The van der Waals surface area contributed by atoms with Gasteiger partial charge < -0.3 is 11.1 Å². The Labute approximate surface area is 156 Å². The molecule has 0 radical (unpaired) electrons. The monoisotopic (exact) mass is 389 g/mol. The van der Waals surface area contributed by atoms with E-state index in [0.29, 0.717) is 37.4 Å². The van der Waals surface area contributed by atoms with Gasteiger partial charge in [0.1, 0.15) is 0 Å². The molecule has 1 aliphatic rings. The van der Waals surface area contributed by atoms with Crippen molar-refractivity contribution in [3.05, 3.63) is 29.8 Å². The Balaban J connectivity index is 0.00000312. The number of nitrogens with one attached hydrogen (secondary N) is 1. The summed E-state index contributed by atoms with van der Waals surface area (Å²) >= 11 is 0. The van der Waals surface area contributed by atoms with Gasteiger partial charge in [-0.1, -0.05) is 12.1 Å².